The number of rotatable bonds is 4. The molecule has 134 valence electrons. The van der Waals surface area contributed by atoms with Crippen LogP contribution in [0.5, 0.6) is 5.75 Å². The van der Waals surface area contributed by atoms with Gasteiger partial charge in [-0.3, -0.25) is 4.68 Å². The molecule has 0 unspecified atom stereocenters. The summed E-state index contributed by atoms with van der Waals surface area (Å²) in [5, 5.41) is 25.1. The van der Waals surface area contributed by atoms with Crippen molar-refractivity contribution >= 4 is 6.21 Å². The van der Waals surface area contributed by atoms with Gasteiger partial charge in [-0.1, -0.05) is 41.6 Å². The summed E-state index contributed by atoms with van der Waals surface area (Å²) in [6.07, 6.45) is -2.04. The van der Waals surface area contributed by atoms with Gasteiger partial charge < -0.3 is 10.3 Å². The molecule has 0 aliphatic carbocycles. The van der Waals surface area contributed by atoms with Crippen molar-refractivity contribution in [1.29, 1.82) is 0 Å². The van der Waals surface area contributed by atoms with E-state index in [1.54, 1.807) is 36.4 Å². The largest absolute Gasteiger partial charge is 0.507 e. The van der Waals surface area contributed by atoms with Crippen molar-refractivity contribution in [3.63, 3.8) is 0 Å². The summed E-state index contributed by atoms with van der Waals surface area (Å²) in [5.74, 6) is -0.0272. The van der Waals surface area contributed by atoms with Gasteiger partial charge in [-0.15, -0.1) is 0 Å². The number of hydrogen-bond acceptors (Lipinski definition) is 4. The highest BCUT2D eigenvalue weighted by atomic mass is 19.4. The topological polar surface area (TPSA) is 70.6 Å². The van der Waals surface area contributed by atoms with Crippen LogP contribution in [0.2, 0.25) is 0 Å². The van der Waals surface area contributed by atoms with Crippen molar-refractivity contribution in [2.45, 2.75) is 12.7 Å². The van der Waals surface area contributed by atoms with Crippen LogP contribution in [0.3, 0.4) is 0 Å². The van der Waals surface area contributed by atoms with Gasteiger partial charge in [0.15, 0.2) is 5.69 Å². The number of nitrogens with zero attached hydrogens (tertiary/aromatic N) is 3. The van der Waals surface area contributed by atoms with E-state index in [0.29, 0.717) is 11.1 Å². The van der Waals surface area contributed by atoms with E-state index in [-0.39, 0.29) is 12.3 Å². The van der Waals surface area contributed by atoms with Crippen LogP contribution in [-0.2, 0) is 12.7 Å². The Morgan fingerprint density at radius 3 is 2.42 bits per heavy atom. The van der Waals surface area contributed by atoms with E-state index in [0.717, 1.165) is 23.4 Å². The SMILES string of the molecule is O/N=C/c1c(O)cccc1-c1ccc(Cn2ccc(C(F)(F)F)n2)cc1. The molecule has 2 aromatic carbocycles. The van der Waals surface area contributed by atoms with Crippen LogP contribution in [0, 0.1) is 0 Å². The lowest BCUT2D eigenvalue weighted by atomic mass is 9.98. The second kappa shape index (κ2) is 6.91. The predicted octanol–water partition coefficient (Wildman–Crippen LogP) is 4.13. The molecule has 1 heterocycles. The number of oxime groups is 1. The third kappa shape index (κ3) is 3.69. The third-order valence-electron chi connectivity index (χ3n) is 3.81. The third-order valence-corrected chi connectivity index (χ3v) is 3.81. The fourth-order valence-corrected chi connectivity index (χ4v) is 2.58. The number of aromatic nitrogens is 2. The highest BCUT2D eigenvalue weighted by molar-refractivity contribution is 5.93. The summed E-state index contributed by atoms with van der Waals surface area (Å²) in [6, 6.07) is 12.9. The van der Waals surface area contributed by atoms with Crippen LogP contribution in [-0.4, -0.2) is 26.3 Å². The Morgan fingerprint density at radius 2 is 1.81 bits per heavy atom. The molecule has 0 amide bonds. The Labute approximate surface area is 146 Å². The number of phenols is 1. The molecule has 0 aliphatic heterocycles. The molecule has 0 saturated heterocycles. The van der Waals surface area contributed by atoms with Gasteiger partial charge in [-0.25, -0.2) is 0 Å². The Hall–Kier alpha value is -3.29. The fourth-order valence-electron chi connectivity index (χ4n) is 2.58. The molecular formula is C18H14F3N3O2. The lowest BCUT2D eigenvalue weighted by Gasteiger charge is -2.09. The van der Waals surface area contributed by atoms with Crippen LogP contribution >= 0.6 is 0 Å². The maximum absolute atomic E-state index is 12.6. The first kappa shape index (κ1) is 17.5. The highest BCUT2D eigenvalue weighted by Gasteiger charge is 2.33. The molecule has 3 aromatic rings. The van der Waals surface area contributed by atoms with Crippen molar-refractivity contribution < 1.29 is 23.5 Å². The quantitative estimate of drug-likeness (QED) is 0.417. The van der Waals surface area contributed by atoms with E-state index in [1.165, 1.54) is 16.9 Å². The van der Waals surface area contributed by atoms with Crippen LogP contribution in [0.15, 0.2) is 59.9 Å². The Morgan fingerprint density at radius 1 is 1.08 bits per heavy atom. The number of hydrogen-bond donors (Lipinski definition) is 2. The predicted molar refractivity (Wildman–Crippen MR) is 89.3 cm³/mol. The minimum absolute atomic E-state index is 0.0272. The molecule has 0 fully saturated rings. The van der Waals surface area contributed by atoms with E-state index >= 15 is 0 Å². The van der Waals surface area contributed by atoms with Gasteiger partial charge in [-0.05, 0) is 28.8 Å². The van der Waals surface area contributed by atoms with Crippen molar-refractivity contribution in [2.24, 2.45) is 5.16 Å². The van der Waals surface area contributed by atoms with Gasteiger partial charge in [-0.2, -0.15) is 18.3 Å². The maximum Gasteiger partial charge on any atom is 0.435 e. The molecular weight excluding hydrogens is 347 g/mol. The van der Waals surface area contributed by atoms with Crippen LogP contribution in [0.25, 0.3) is 11.1 Å². The van der Waals surface area contributed by atoms with Crippen molar-refractivity contribution in [1.82, 2.24) is 9.78 Å². The van der Waals surface area contributed by atoms with Crippen molar-refractivity contribution in [3.8, 4) is 16.9 Å². The number of halogens is 3. The molecule has 26 heavy (non-hydrogen) atoms. The zero-order valence-corrected chi connectivity index (χ0v) is 13.4. The molecule has 5 nitrogen and oxygen atoms in total. The van der Waals surface area contributed by atoms with Gasteiger partial charge in [0.2, 0.25) is 0 Å². The number of phenolic OH excluding ortho intramolecular Hbond substituents is 1. The smallest absolute Gasteiger partial charge is 0.435 e. The highest BCUT2D eigenvalue weighted by Crippen LogP contribution is 2.29. The minimum Gasteiger partial charge on any atom is -0.507 e. The molecule has 0 radical (unpaired) electrons. The minimum atomic E-state index is -4.46. The van der Waals surface area contributed by atoms with Gasteiger partial charge in [0.05, 0.1) is 12.8 Å². The first-order valence-electron chi connectivity index (χ1n) is 7.58. The van der Waals surface area contributed by atoms with Crippen molar-refractivity contribution in [3.05, 3.63) is 71.5 Å². The second-order valence-corrected chi connectivity index (χ2v) is 5.58. The molecule has 1 aromatic heterocycles. The van der Waals surface area contributed by atoms with Gasteiger partial charge in [0, 0.05) is 11.8 Å². The molecule has 3 rings (SSSR count). The summed E-state index contributed by atoms with van der Waals surface area (Å²) in [4.78, 5) is 0. The summed E-state index contributed by atoms with van der Waals surface area (Å²) < 4.78 is 39.0. The number of aromatic hydroxyl groups is 1. The monoisotopic (exact) mass is 361 g/mol. The number of alkyl halides is 3. The summed E-state index contributed by atoms with van der Waals surface area (Å²) in [7, 11) is 0. The van der Waals surface area contributed by atoms with E-state index < -0.39 is 11.9 Å². The Kier molecular flexibility index (Phi) is 4.66. The fraction of sp³-hybridized carbons (Fsp3) is 0.111. The maximum atomic E-state index is 12.6. The summed E-state index contributed by atoms with van der Waals surface area (Å²) in [6.45, 7) is 0.196. The molecule has 0 saturated carbocycles. The van der Waals surface area contributed by atoms with E-state index in [9.17, 15) is 18.3 Å². The van der Waals surface area contributed by atoms with Crippen LogP contribution in [0.1, 0.15) is 16.8 Å². The van der Waals surface area contributed by atoms with Crippen LogP contribution in [0.4, 0.5) is 13.2 Å². The van der Waals surface area contributed by atoms with Crippen LogP contribution < -0.4 is 0 Å². The van der Waals surface area contributed by atoms with Crippen molar-refractivity contribution in [2.75, 3.05) is 0 Å². The van der Waals surface area contributed by atoms with E-state index in [4.69, 9.17) is 5.21 Å². The zero-order valence-electron chi connectivity index (χ0n) is 13.4. The average Bonchev–Trinajstić information content (AvgIpc) is 3.07. The first-order chi connectivity index (χ1) is 12.4. The molecule has 0 atom stereocenters. The first-order valence-corrected chi connectivity index (χ1v) is 7.58. The van der Waals surface area contributed by atoms with Gasteiger partial charge >= 0.3 is 6.18 Å². The zero-order chi connectivity index (χ0) is 18.7. The Bertz CT molecular complexity index is 932. The molecule has 8 heteroatoms. The van der Waals surface area contributed by atoms with E-state index in [2.05, 4.69) is 10.3 Å². The average molecular weight is 361 g/mol. The second-order valence-electron chi connectivity index (χ2n) is 5.58. The molecule has 0 spiro atoms. The normalized spacial score (nSPS) is 12.0. The standard InChI is InChI=1S/C18H14F3N3O2/c19-18(20,21)17-8-9-24(23-17)11-12-4-6-13(7-5-12)14-2-1-3-16(25)15(14)10-22-26/h1-10,25-26H,11H2/b22-10+. The lowest BCUT2D eigenvalue weighted by molar-refractivity contribution is -0.141. The number of benzene rings is 2. The van der Waals surface area contributed by atoms with Gasteiger partial charge in [0.25, 0.3) is 0 Å². The summed E-state index contributed by atoms with van der Waals surface area (Å²) >= 11 is 0. The Balaban J connectivity index is 1.84. The van der Waals surface area contributed by atoms with E-state index in [1.807, 2.05) is 0 Å². The lowest BCUT2D eigenvalue weighted by Crippen LogP contribution is -2.08. The molecule has 2 N–H and O–H groups in total. The molecule has 0 aliphatic rings. The van der Waals surface area contributed by atoms with Gasteiger partial charge in [0.1, 0.15) is 5.75 Å². The molecule has 0 bridgehead atoms. The summed E-state index contributed by atoms with van der Waals surface area (Å²) in [5.41, 5.74) is 1.62.